The first-order chi connectivity index (χ1) is 22.9. The number of nitrogens with zero attached hydrogens (tertiary/aromatic N) is 7. The summed E-state index contributed by atoms with van der Waals surface area (Å²) >= 11 is 2.52. The van der Waals surface area contributed by atoms with Gasteiger partial charge in [0.15, 0.2) is 9.89 Å². The van der Waals surface area contributed by atoms with Crippen LogP contribution in [0.15, 0.2) is 133 Å². The summed E-state index contributed by atoms with van der Waals surface area (Å²) in [4.78, 5) is 35.2. The van der Waals surface area contributed by atoms with Crippen molar-refractivity contribution >= 4 is 46.5 Å². The minimum atomic E-state index is -0.687. The van der Waals surface area contributed by atoms with Crippen molar-refractivity contribution in [2.24, 2.45) is 4.99 Å². The molecule has 4 heterocycles. The molecule has 13 heteroatoms. The van der Waals surface area contributed by atoms with E-state index in [-0.39, 0.29) is 11.5 Å². The van der Waals surface area contributed by atoms with Crippen LogP contribution in [0.2, 0.25) is 0 Å². The van der Waals surface area contributed by atoms with E-state index in [0.29, 0.717) is 42.3 Å². The highest BCUT2D eigenvalue weighted by molar-refractivity contribution is 7.99. The minimum absolute atomic E-state index is 0.272. The molecule has 0 bridgehead atoms. The molecule has 0 spiro atoms. The van der Waals surface area contributed by atoms with E-state index in [0.717, 1.165) is 16.9 Å². The fourth-order valence-electron chi connectivity index (χ4n) is 5.26. The molecule has 3 aromatic carbocycles. The lowest BCUT2D eigenvalue weighted by atomic mass is 9.95. The van der Waals surface area contributed by atoms with E-state index in [1.807, 2.05) is 110 Å². The predicted molar refractivity (Wildman–Crippen MR) is 182 cm³/mol. The van der Waals surface area contributed by atoms with Crippen molar-refractivity contribution in [2.45, 2.75) is 23.2 Å². The summed E-state index contributed by atoms with van der Waals surface area (Å²) in [5, 5.41) is 16.1. The first kappa shape index (κ1) is 30.1. The van der Waals surface area contributed by atoms with Gasteiger partial charge < -0.3 is 14.6 Å². The summed E-state index contributed by atoms with van der Waals surface area (Å²) in [5.74, 6) is 0.167. The molecule has 234 valence electrons. The summed E-state index contributed by atoms with van der Waals surface area (Å²) < 4.78 is 9.73. The highest BCUT2D eigenvalue weighted by atomic mass is 32.2. The fourth-order valence-corrected chi connectivity index (χ4v) is 7.05. The largest absolute Gasteiger partial charge is 0.450 e. The monoisotopic (exact) mass is 660 g/mol. The van der Waals surface area contributed by atoms with Crippen molar-refractivity contribution in [2.75, 3.05) is 24.3 Å². The Morgan fingerprint density at radius 1 is 0.979 bits per heavy atom. The zero-order valence-electron chi connectivity index (χ0n) is 25.6. The second kappa shape index (κ2) is 12.7. The highest BCUT2D eigenvalue weighted by Crippen LogP contribution is 2.32. The van der Waals surface area contributed by atoms with Crippen LogP contribution in [-0.4, -0.2) is 44.8 Å². The molecular weight excluding hydrogens is 633 g/mol. The second-order valence-electron chi connectivity index (χ2n) is 10.9. The van der Waals surface area contributed by atoms with Crippen LogP contribution in [0.1, 0.15) is 24.3 Å². The van der Waals surface area contributed by atoms with Gasteiger partial charge in [-0.1, -0.05) is 59.9 Å². The maximum Gasteiger partial charge on any atom is 0.271 e. The normalized spacial score (nSPS) is 14.5. The zero-order chi connectivity index (χ0) is 32.5. The van der Waals surface area contributed by atoms with Crippen LogP contribution in [0, 0.1) is 0 Å². The summed E-state index contributed by atoms with van der Waals surface area (Å²) in [5.41, 5.74) is 3.95. The maximum atomic E-state index is 14.1. The molecular formula is C34H28N8O3S2. The molecule has 6 aromatic rings. The van der Waals surface area contributed by atoms with E-state index in [1.165, 1.54) is 23.1 Å². The number of thiazole rings is 1. The van der Waals surface area contributed by atoms with E-state index in [1.54, 1.807) is 28.3 Å². The molecule has 7 rings (SSSR count). The standard InChI is InChI=1S/C34H28N8O3S2/c1-21-29(31(43)36-23-10-6-4-7-11-23)30(22-14-16-24(17-15-22)40(2)3)41-32(44)27(46-33(41)35-21)20-26-18-19-28(45-26)47-34-37-38-39-42(34)25-12-8-5-9-13-25/h4-20,30H,1-3H3,(H,36,43)/b27-20-/t30-/m0/s1. The van der Waals surface area contributed by atoms with Crippen molar-refractivity contribution in [3.8, 4) is 5.69 Å². The maximum absolute atomic E-state index is 14.1. The number of carbonyl (C=O) groups is 1. The van der Waals surface area contributed by atoms with Gasteiger partial charge >= 0.3 is 0 Å². The van der Waals surface area contributed by atoms with Crippen LogP contribution in [0.25, 0.3) is 11.8 Å². The number of hydrogen-bond acceptors (Lipinski definition) is 10. The highest BCUT2D eigenvalue weighted by Gasteiger charge is 2.32. The molecule has 0 aliphatic carbocycles. The summed E-state index contributed by atoms with van der Waals surface area (Å²) in [6, 6.07) is 29.6. The van der Waals surface area contributed by atoms with E-state index in [4.69, 9.17) is 9.41 Å². The van der Waals surface area contributed by atoms with Crippen LogP contribution in [0.3, 0.4) is 0 Å². The van der Waals surface area contributed by atoms with Crippen LogP contribution >= 0.6 is 23.1 Å². The Hall–Kier alpha value is -5.53. The van der Waals surface area contributed by atoms with Crippen molar-refractivity contribution in [3.05, 3.63) is 139 Å². The lowest BCUT2D eigenvalue weighted by Gasteiger charge is -2.26. The number of para-hydroxylation sites is 2. The Morgan fingerprint density at radius 2 is 1.70 bits per heavy atom. The van der Waals surface area contributed by atoms with Gasteiger partial charge in [0.05, 0.1) is 27.5 Å². The molecule has 3 aromatic heterocycles. The van der Waals surface area contributed by atoms with Crippen molar-refractivity contribution in [3.63, 3.8) is 0 Å². The van der Waals surface area contributed by atoms with Gasteiger partial charge in [-0.25, -0.2) is 4.99 Å². The van der Waals surface area contributed by atoms with Crippen LogP contribution in [0.4, 0.5) is 11.4 Å². The number of tetrazole rings is 1. The smallest absolute Gasteiger partial charge is 0.271 e. The molecule has 1 atom stereocenters. The Balaban J connectivity index is 1.25. The van der Waals surface area contributed by atoms with Gasteiger partial charge in [-0.05, 0) is 83.2 Å². The number of hydrogen-bond donors (Lipinski definition) is 1. The summed E-state index contributed by atoms with van der Waals surface area (Å²) in [6.45, 7) is 1.80. The number of amides is 1. The number of benzene rings is 3. The molecule has 0 unspecified atom stereocenters. The Labute approximate surface area is 277 Å². The zero-order valence-corrected chi connectivity index (χ0v) is 27.2. The van der Waals surface area contributed by atoms with Gasteiger partial charge in [-0.2, -0.15) is 4.68 Å². The number of carbonyl (C=O) groups excluding carboxylic acids is 1. The van der Waals surface area contributed by atoms with Crippen LogP contribution in [-0.2, 0) is 4.79 Å². The van der Waals surface area contributed by atoms with E-state index in [2.05, 4.69) is 20.8 Å². The average Bonchev–Trinajstić information content (AvgIpc) is 3.81. The third-order valence-electron chi connectivity index (χ3n) is 7.53. The molecule has 47 heavy (non-hydrogen) atoms. The number of aromatic nitrogens is 5. The molecule has 1 aliphatic rings. The molecule has 1 amide bonds. The SMILES string of the molecule is CC1=C(C(=O)Nc2ccccc2)[C@H](c2ccc(N(C)C)cc2)n2c(s/c(=C\c3ccc(Sc4nnnn4-c4ccccc4)o3)c2=O)=N1. The van der Waals surface area contributed by atoms with E-state index in [9.17, 15) is 9.59 Å². The molecule has 0 fully saturated rings. The number of nitrogens with one attached hydrogen (secondary N) is 1. The van der Waals surface area contributed by atoms with Crippen LogP contribution in [0.5, 0.6) is 0 Å². The molecule has 1 aliphatic heterocycles. The number of fused-ring (bicyclic) bond motifs is 1. The summed E-state index contributed by atoms with van der Waals surface area (Å²) in [6.07, 6.45) is 1.70. The van der Waals surface area contributed by atoms with Crippen molar-refractivity contribution in [1.82, 2.24) is 24.8 Å². The quantitative estimate of drug-likeness (QED) is 0.250. The Bertz CT molecular complexity index is 2290. The summed E-state index contributed by atoms with van der Waals surface area (Å²) in [7, 11) is 3.93. The molecule has 0 saturated carbocycles. The van der Waals surface area contributed by atoms with Gasteiger partial charge in [0, 0.05) is 31.5 Å². The number of furan rings is 1. The average molecular weight is 661 g/mol. The number of allylic oxidation sites excluding steroid dienone is 1. The van der Waals surface area contributed by atoms with E-state index < -0.39 is 6.04 Å². The molecule has 11 nitrogen and oxygen atoms in total. The van der Waals surface area contributed by atoms with Gasteiger partial charge in [0.2, 0.25) is 5.16 Å². The molecule has 1 N–H and O–H groups in total. The van der Waals surface area contributed by atoms with Gasteiger partial charge in [-0.3, -0.25) is 14.2 Å². The second-order valence-corrected chi connectivity index (χ2v) is 12.8. The number of anilines is 2. The topological polar surface area (TPSA) is 123 Å². The molecule has 0 radical (unpaired) electrons. The Morgan fingerprint density at radius 3 is 2.43 bits per heavy atom. The van der Waals surface area contributed by atoms with Crippen molar-refractivity contribution < 1.29 is 9.21 Å². The fraction of sp³-hybridized carbons (Fsp3) is 0.118. The van der Waals surface area contributed by atoms with Crippen molar-refractivity contribution in [1.29, 1.82) is 0 Å². The third kappa shape index (κ3) is 6.05. The first-order valence-corrected chi connectivity index (χ1v) is 16.3. The number of rotatable bonds is 8. The van der Waals surface area contributed by atoms with E-state index >= 15 is 0 Å². The lowest BCUT2D eigenvalue weighted by molar-refractivity contribution is -0.113. The third-order valence-corrected chi connectivity index (χ3v) is 9.37. The first-order valence-electron chi connectivity index (χ1n) is 14.6. The Kier molecular flexibility index (Phi) is 8.14. The molecule has 0 saturated heterocycles. The predicted octanol–water partition coefficient (Wildman–Crippen LogP) is 4.66. The lowest BCUT2D eigenvalue weighted by Crippen LogP contribution is -2.40. The van der Waals surface area contributed by atoms with Gasteiger partial charge in [-0.15, -0.1) is 5.10 Å². The van der Waals surface area contributed by atoms with Gasteiger partial charge in [0.25, 0.3) is 11.5 Å². The van der Waals surface area contributed by atoms with Crippen LogP contribution < -0.4 is 25.1 Å². The minimum Gasteiger partial charge on any atom is -0.450 e. The van der Waals surface area contributed by atoms with Gasteiger partial charge in [0.1, 0.15) is 5.76 Å².